The molecule has 0 radical (unpaired) electrons. The fraction of sp³-hybridized carbons (Fsp3) is 0.524. The normalized spacial score (nSPS) is 23.2. The Morgan fingerprint density at radius 1 is 1.26 bits per heavy atom. The number of amidine groups is 1. The zero-order chi connectivity index (χ0) is 22.8. The van der Waals surface area contributed by atoms with Gasteiger partial charge in [-0.2, -0.15) is 4.90 Å². The van der Waals surface area contributed by atoms with Crippen LogP contribution in [0.15, 0.2) is 23.3 Å². The number of halogens is 1. The van der Waals surface area contributed by atoms with E-state index in [1.54, 1.807) is 13.0 Å². The van der Waals surface area contributed by atoms with Crippen LogP contribution in [0, 0.1) is 0 Å². The van der Waals surface area contributed by atoms with E-state index in [1.807, 2.05) is 0 Å². The quantitative estimate of drug-likeness (QED) is 0.483. The highest BCUT2D eigenvalue weighted by molar-refractivity contribution is 6.34. The molecule has 31 heavy (non-hydrogen) atoms. The Balaban J connectivity index is 1.82. The van der Waals surface area contributed by atoms with E-state index in [-0.39, 0.29) is 23.0 Å². The monoisotopic (exact) mass is 450 g/mol. The molecule has 0 spiro atoms. The minimum atomic E-state index is -0.922. The number of hydrogen-bond acceptors (Lipinski definition) is 5. The van der Waals surface area contributed by atoms with E-state index < -0.39 is 28.2 Å². The van der Waals surface area contributed by atoms with E-state index in [2.05, 4.69) is 15.7 Å². The summed E-state index contributed by atoms with van der Waals surface area (Å²) >= 11 is 6.27. The van der Waals surface area contributed by atoms with Crippen molar-refractivity contribution in [3.63, 3.8) is 0 Å². The Morgan fingerprint density at radius 2 is 1.90 bits per heavy atom. The highest BCUT2D eigenvalue weighted by Gasteiger charge is 2.50. The van der Waals surface area contributed by atoms with Gasteiger partial charge in [0.1, 0.15) is 7.05 Å². The van der Waals surface area contributed by atoms with Gasteiger partial charge in [0.05, 0.1) is 16.2 Å². The number of carbonyl (C=O) groups excluding carboxylic acids is 3. The molecule has 3 N–H and O–H groups in total. The summed E-state index contributed by atoms with van der Waals surface area (Å²) < 4.78 is -0.555. The Morgan fingerprint density at radius 3 is 2.52 bits per heavy atom. The van der Waals surface area contributed by atoms with Crippen molar-refractivity contribution >= 4 is 41.1 Å². The molecule has 1 unspecified atom stereocenters. The Kier molecular flexibility index (Phi) is 6.68. The molecule has 5 amide bonds. The van der Waals surface area contributed by atoms with Crippen molar-refractivity contribution in [3.05, 3.63) is 28.8 Å². The van der Waals surface area contributed by atoms with Gasteiger partial charge in [-0.25, -0.2) is 9.59 Å². The summed E-state index contributed by atoms with van der Waals surface area (Å²) in [4.78, 5) is 38.9. The molecule has 1 aliphatic heterocycles. The standard InChI is InChI=1S/C21H28ClN5O4/c1-14-25-27(3,20(30)26(14)19(29)23-2)15-8-9-17(22)16(12-15)18(28)24-13-21(31)10-6-4-5-7-11-21/h8-9,12,31H,4-7,10-11,13H2,1-3H3,(H-,23,24,28,29)/p+1. The van der Waals surface area contributed by atoms with Crippen LogP contribution in [0.5, 0.6) is 0 Å². The first-order chi connectivity index (χ1) is 14.6. The fourth-order valence-electron chi connectivity index (χ4n) is 4.09. The van der Waals surface area contributed by atoms with Gasteiger partial charge in [-0.1, -0.05) is 47.0 Å². The fourth-order valence-corrected chi connectivity index (χ4v) is 4.29. The van der Waals surface area contributed by atoms with Crippen LogP contribution in [0.25, 0.3) is 0 Å². The van der Waals surface area contributed by atoms with E-state index in [0.29, 0.717) is 18.5 Å². The molecule has 1 aromatic rings. The van der Waals surface area contributed by atoms with Gasteiger partial charge >= 0.3 is 12.1 Å². The molecular formula is C21H29ClN5O4+. The number of aliphatic hydroxyl groups is 1. The Labute approximate surface area is 186 Å². The van der Waals surface area contributed by atoms with Crippen LogP contribution in [0.2, 0.25) is 5.02 Å². The second-order valence-corrected chi connectivity index (χ2v) is 8.67. The summed E-state index contributed by atoms with van der Waals surface area (Å²) in [5, 5.41) is 20.6. The summed E-state index contributed by atoms with van der Waals surface area (Å²) in [5.74, 6) is -0.199. The topological polar surface area (TPSA) is 111 Å². The number of nitrogens with zero attached hydrogens (tertiary/aromatic N) is 3. The molecule has 0 bridgehead atoms. The van der Waals surface area contributed by atoms with Gasteiger partial charge in [-0.05, 0) is 18.9 Å². The molecule has 0 saturated heterocycles. The summed E-state index contributed by atoms with van der Waals surface area (Å²) in [6, 6.07) is 3.46. The molecule has 1 saturated carbocycles. The number of carbonyl (C=O) groups is 3. The molecule has 168 valence electrons. The molecule has 0 aromatic heterocycles. The van der Waals surface area contributed by atoms with Crippen molar-refractivity contribution in [3.8, 4) is 0 Å². The number of rotatable bonds is 4. The maximum atomic E-state index is 13.0. The molecule has 3 rings (SSSR count). The predicted molar refractivity (Wildman–Crippen MR) is 119 cm³/mol. The van der Waals surface area contributed by atoms with Crippen LogP contribution in [-0.4, -0.2) is 60.1 Å². The Bertz CT molecular complexity index is 926. The van der Waals surface area contributed by atoms with Crippen molar-refractivity contribution in [2.45, 2.75) is 51.0 Å². The lowest BCUT2D eigenvalue weighted by Gasteiger charge is -2.27. The van der Waals surface area contributed by atoms with Crippen LogP contribution in [0.3, 0.4) is 0 Å². The summed E-state index contributed by atoms with van der Waals surface area (Å²) in [6.07, 6.45) is 5.32. The van der Waals surface area contributed by atoms with Crippen LogP contribution < -0.4 is 15.2 Å². The van der Waals surface area contributed by atoms with E-state index in [0.717, 1.165) is 30.6 Å². The number of hydrogen-bond donors (Lipinski definition) is 3. The summed E-state index contributed by atoms with van der Waals surface area (Å²) in [6.45, 7) is 1.70. The Hall–Kier alpha value is -2.49. The lowest BCUT2D eigenvalue weighted by Crippen LogP contribution is -2.51. The first-order valence-electron chi connectivity index (χ1n) is 10.4. The van der Waals surface area contributed by atoms with E-state index in [4.69, 9.17) is 11.6 Å². The summed E-state index contributed by atoms with van der Waals surface area (Å²) in [5.41, 5.74) is -0.358. The molecule has 1 heterocycles. The second-order valence-electron chi connectivity index (χ2n) is 8.26. The lowest BCUT2D eigenvalue weighted by molar-refractivity contribution is 0.0246. The third-order valence-electron chi connectivity index (χ3n) is 5.96. The van der Waals surface area contributed by atoms with Crippen molar-refractivity contribution < 1.29 is 19.5 Å². The van der Waals surface area contributed by atoms with Gasteiger partial charge in [-0.3, -0.25) is 4.79 Å². The maximum absolute atomic E-state index is 13.0. The van der Waals surface area contributed by atoms with E-state index in [1.165, 1.54) is 26.2 Å². The minimum absolute atomic E-state index is 0.138. The number of nitrogens with one attached hydrogen (secondary N) is 2. The lowest BCUT2D eigenvalue weighted by atomic mass is 9.94. The average molecular weight is 451 g/mol. The zero-order valence-corrected chi connectivity index (χ0v) is 18.8. The number of urea groups is 2. The predicted octanol–water partition coefficient (Wildman–Crippen LogP) is 3.20. The highest BCUT2D eigenvalue weighted by Crippen LogP contribution is 2.32. The molecule has 1 atom stereocenters. The van der Waals surface area contributed by atoms with Crippen LogP contribution in [0.4, 0.5) is 15.3 Å². The molecule has 2 aliphatic rings. The van der Waals surface area contributed by atoms with Crippen LogP contribution in [-0.2, 0) is 0 Å². The molecule has 10 heteroatoms. The molecule has 9 nitrogen and oxygen atoms in total. The largest absolute Gasteiger partial charge is 0.464 e. The number of imide groups is 1. The molecule has 1 aliphatic carbocycles. The zero-order valence-electron chi connectivity index (χ0n) is 18.1. The van der Waals surface area contributed by atoms with Gasteiger partial charge < -0.3 is 15.7 Å². The van der Waals surface area contributed by atoms with E-state index >= 15 is 0 Å². The van der Waals surface area contributed by atoms with Gasteiger partial charge in [0.25, 0.3) is 5.91 Å². The van der Waals surface area contributed by atoms with Crippen LogP contribution >= 0.6 is 11.6 Å². The van der Waals surface area contributed by atoms with E-state index in [9.17, 15) is 19.5 Å². The van der Waals surface area contributed by atoms with Crippen molar-refractivity contribution in [1.82, 2.24) is 20.1 Å². The average Bonchev–Trinajstić information content (AvgIpc) is 2.87. The van der Waals surface area contributed by atoms with Gasteiger partial charge in [0.2, 0.25) is 0 Å². The maximum Gasteiger partial charge on any atom is 0.464 e. The minimum Gasteiger partial charge on any atom is -0.388 e. The highest BCUT2D eigenvalue weighted by atomic mass is 35.5. The third kappa shape index (κ3) is 4.58. The smallest absolute Gasteiger partial charge is 0.388 e. The van der Waals surface area contributed by atoms with Crippen molar-refractivity contribution in [2.24, 2.45) is 5.10 Å². The first-order valence-corrected chi connectivity index (χ1v) is 10.8. The van der Waals surface area contributed by atoms with Gasteiger partial charge in [0.15, 0.2) is 11.5 Å². The molecular weight excluding hydrogens is 422 g/mol. The van der Waals surface area contributed by atoms with Crippen LogP contribution in [0.1, 0.15) is 55.8 Å². The number of amides is 5. The van der Waals surface area contributed by atoms with Crippen molar-refractivity contribution in [2.75, 3.05) is 20.6 Å². The van der Waals surface area contributed by atoms with Gasteiger partial charge in [-0.15, -0.1) is 0 Å². The SMILES string of the molecule is CNC(=O)N1C(=O)[N+](C)(c2ccc(Cl)c(C(=O)NCC3(O)CCCCCC3)c2)N=C1C. The third-order valence-corrected chi connectivity index (χ3v) is 6.29. The number of benzene rings is 1. The van der Waals surface area contributed by atoms with Crippen molar-refractivity contribution in [1.29, 1.82) is 0 Å². The second kappa shape index (κ2) is 8.94. The first kappa shape index (κ1) is 23.2. The number of quaternary nitrogens is 1. The molecule has 1 fully saturated rings. The summed E-state index contributed by atoms with van der Waals surface area (Å²) in [7, 11) is 2.96. The molecule has 1 aromatic carbocycles. The van der Waals surface area contributed by atoms with Gasteiger partial charge in [0, 0.05) is 32.6 Å².